The summed E-state index contributed by atoms with van der Waals surface area (Å²) in [6.45, 7) is 3.65. The molecule has 0 heterocycles. The van der Waals surface area contributed by atoms with Gasteiger partial charge in [-0.25, -0.2) is 13.6 Å². The highest BCUT2D eigenvalue weighted by Gasteiger charge is 2.06. The maximum atomic E-state index is 11.2. The molecule has 0 aliphatic heterocycles. The van der Waals surface area contributed by atoms with Crippen molar-refractivity contribution >= 4 is 40.0 Å². The number of nitrogens with one attached hydrogen (secondary N) is 2. The molecule has 0 saturated carbocycles. The van der Waals surface area contributed by atoms with Crippen molar-refractivity contribution in [1.82, 2.24) is 10.6 Å². The number of halogens is 1. The topological polar surface area (TPSA) is 96.6 Å². The molecule has 1 rings (SSSR count). The van der Waals surface area contributed by atoms with E-state index in [1.165, 1.54) is 31.4 Å². The van der Waals surface area contributed by atoms with Gasteiger partial charge in [-0.2, -0.15) is 0 Å². The highest BCUT2D eigenvalue weighted by molar-refractivity contribution is 14.0. The number of guanidine groups is 1. The first kappa shape index (κ1) is 22.1. The SMILES string of the molecule is CCCCCCNC(=NC)NCc1ccc(S(N)(=O)=O)cc1.I. The normalized spacial score (nSPS) is 11.7. The maximum Gasteiger partial charge on any atom is 0.238 e. The molecule has 0 radical (unpaired) electrons. The second kappa shape index (κ2) is 11.6. The highest BCUT2D eigenvalue weighted by atomic mass is 127. The van der Waals surface area contributed by atoms with E-state index >= 15 is 0 Å². The van der Waals surface area contributed by atoms with E-state index in [4.69, 9.17) is 5.14 Å². The van der Waals surface area contributed by atoms with Crippen molar-refractivity contribution in [2.45, 2.75) is 44.0 Å². The zero-order chi connectivity index (χ0) is 16.4. The summed E-state index contributed by atoms with van der Waals surface area (Å²) in [4.78, 5) is 4.28. The van der Waals surface area contributed by atoms with Crippen molar-refractivity contribution in [3.05, 3.63) is 29.8 Å². The van der Waals surface area contributed by atoms with Crippen LogP contribution in [0.3, 0.4) is 0 Å². The van der Waals surface area contributed by atoms with Crippen LogP contribution in [0, 0.1) is 0 Å². The van der Waals surface area contributed by atoms with Crippen LogP contribution in [0.1, 0.15) is 38.2 Å². The van der Waals surface area contributed by atoms with Gasteiger partial charge in [0.1, 0.15) is 0 Å². The number of unbranched alkanes of at least 4 members (excludes halogenated alkanes) is 3. The Kier molecular flexibility index (Phi) is 11.2. The summed E-state index contributed by atoms with van der Waals surface area (Å²) in [6.07, 6.45) is 4.82. The number of rotatable bonds is 8. The number of hydrogen-bond donors (Lipinski definition) is 3. The van der Waals surface area contributed by atoms with Crippen LogP contribution < -0.4 is 15.8 Å². The summed E-state index contributed by atoms with van der Waals surface area (Å²) in [7, 11) is -1.90. The molecular formula is C15H27IN4O2S. The van der Waals surface area contributed by atoms with Gasteiger partial charge in [0.2, 0.25) is 10.0 Å². The third-order valence-electron chi connectivity index (χ3n) is 3.26. The van der Waals surface area contributed by atoms with Gasteiger partial charge in [-0.1, -0.05) is 38.3 Å². The van der Waals surface area contributed by atoms with Gasteiger partial charge in [0, 0.05) is 20.1 Å². The minimum Gasteiger partial charge on any atom is -0.356 e. The lowest BCUT2D eigenvalue weighted by molar-refractivity contribution is 0.597. The van der Waals surface area contributed by atoms with Crippen LogP contribution in [0.25, 0.3) is 0 Å². The highest BCUT2D eigenvalue weighted by Crippen LogP contribution is 2.08. The minimum absolute atomic E-state index is 0. The smallest absolute Gasteiger partial charge is 0.238 e. The molecule has 0 fully saturated rings. The summed E-state index contributed by atoms with van der Waals surface area (Å²) in [6, 6.07) is 6.49. The number of sulfonamides is 1. The Morgan fingerprint density at radius 2 is 1.78 bits per heavy atom. The fourth-order valence-corrected chi connectivity index (χ4v) is 2.48. The molecule has 1 aromatic carbocycles. The van der Waals surface area contributed by atoms with E-state index in [1.807, 2.05) is 0 Å². The lowest BCUT2D eigenvalue weighted by Crippen LogP contribution is -2.37. The van der Waals surface area contributed by atoms with Gasteiger partial charge in [0.25, 0.3) is 0 Å². The Hall–Kier alpha value is -0.870. The van der Waals surface area contributed by atoms with Crippen molar-refractivity contribution < 1.29 is 8.42 Å². The van der Waals surface area contributed by atoms with Crippen molar-refractivity contribution in [3.8, 4) is 0 Å². The van der Waals surface area contributed by atoms with Gasteiger partial charge in [-0.3, -0.25) is 4.99 Å². The molecule has 23 heavy (non-hydrogen) atoms. The third kappa shape index (κ3) is 9.11. The van der Waals surface area contributed by atoms with E-state index in [2.05, 4.69) is 22.5 Å². The van der Waals surface area contributed by atoms with Crippen LogP contribution in [0.15, 0.2) is 34.2 Å². The van der Waals surface area contributed by atoms with Gasteiger partial charge in [-0.05, 0) is 24.1 Å². The van der Waals surface area contributed by atoms with Crippen molar-refractivity contribution in [1.29, 1.82) is 0 Å². The minimum atomic E-state index is -3.63. The van der Waals surface area contributed by atoms with E-state index in [0.29, 0.717) is 6.54 Å². The number of aliphatic imine (C=N–C) groups is 1. The molecule has 0 atom stereocenters. The van der Waals surface area contributed by atoms with E-state index in [9.17, 15) is 8.42 Å². The number of primary sulfonamides is 1. The molecule has 6 nitrogen and oxygen atoms in total. The third-order valence-corrected chi connectivity index (χ3v) is 4.19. The van der Waals surface area contributed by atoms with E-state index in [0.717, 1.165) is 24.5 Å². The molecule has 1 aromatic rings. The average Bonchev–Trinajstić information content (AvgIpc) is 2.49. The number of hydrogen-bond acceptors (Lipinski definition) is 3. The van der Waals surface area contributed by atoms with Crippen LogP contribution in [0.5, 0.6) is 0 Å². The molecule has 0 amide bonds. The predicted molar refractivity (Wildman–Crippen MR) is 106 cm³/mol. The lowest BCUT2D eigenvalue weighted by Gasteiger charge is -2.12. The second-order valence-electron chi connectivity index (χ2n) is 5.10. The van der Waals surface area contributed by atoms with Gasteiger partial charge >= 0.3 is 0 Å². The standard InChI is InChI=1S/C15H26N4O2S.HI/c1-3-4-5-6-11-18-15(17-2)19-12-13-7-9-14(10-8-13)22(16,20)21;/h7-10H,3-6,11-12H2,1-2H3,(H2,16,20,21)(H2,17,18,19);1H. The molecule has 132 valence electrons. The maximum absolute atomic E-state index is 11.2. The number of nitrogens with two attached hydrogens (primary N) is 1. The van der Waals surface area contributed by atoms with E-state index < -0.39 is 10.0 Å². The molecular weight excluding hydrogens is 427 g/mol. The largest absolute Gasteiger partial charge is 0.356 e. The van der Waals surface area contributed by atoms with Gasteiger partial charge in [0.15, 0.2) is 5.96 Å². The molecule has 0 aliphatic carbocycles. The molecule has 0 unspecified atom stereocenters. The van der Waals surface area contributed by atoms with Crippen molar-refractivity contribution in [3.63, 3.8) is 0 Å². The molecule has 0 spiro atoms. The fraction of sp³-hybridized carbons (Fsp3) is 0.533. The Morgan fingerprint density at radius 1 is 1.13 bits per heavy atom. The van der Waals surface area contributed by atoms with Crippen LogP contribution >= 0.6 is 24.0 Å². The summed E-state index contributed by atoms with van der Waals surface area (Å²) >= 11 is 0. The first-order chi connectivity index (χ1) is 10.5. The Bertz CT molecular complexity index is 574. The fourth-order valence-electron chi connectivity index (χ4n) is 1.96. The second-order valence-corrected chi connectivity index (χ2v) is 6.66. The zero-order valence-electron chi connectivity index (χ0n) is 13.7. The van der Waals surface area contributed by atoms with Gasteiger partial charge in [-0.15, -0.1) is 24.0 Å². The van der Waals surface area contributed by atoms with Gasteiger partial charge < -0.3 is 10.6 Å². The van der Waals surface area contributed by atoms with Crippen LogP contribution in [0.4, 0.5) is 0 Å². The van der Waals surface area contributed by atoms with E-state index in [-0.39, 0.29) is 28.9 Å². The molecule has 0 aliphatic rings. The Labute approximate surface area is 156 Å². The number of nitrogens with zero attached hydrogens (tertiary/aromatic N) is 1. The van der Waals surface area contributed by atoms with Crippen LogP contribution in [0.2, 0.25) is 0 Å². The first-order valence-corrected chi connectivity index (χ1v) is 9.08. The zero-order valence-corrected chi connectivity index (χ0v) is 16.9. The first-order valence-electron chi connectivity index (χ1n) is 7.53. The van der Waals surface area contributed by atoms with Crippen LogP contribution in [-0.2, 0) is 16.6 Å². The quantitative estimate of drug-likeness (QED) is 0.243. The molecule has 0 saturated heterocycles. The van der Waals surface area contributed by atoms with Gasteiger partial charge in [0.05, 0.1) is 4.90 Å². The number of benzene rings is 1. The summed E-state index contributed by atoms with van der Waals surface area (Å²) in [5.41, 5.74) is 0.960. The summed E-state index contributed by atoms with van der Waals surface area (Å²) in [5.74, 6) is 0.743. The molecule has 4 N–H and O–H groups in total. The molecule has 0 aromatic heterocycles. The lowest BCUT2D eigenvalue weighted by atomic mass is 10.2. The monoisotopic (exact) mass is 454 g/mol. The molecule has 8 heteroatoms. The Balaban J connectivity index is 0.00000484. The summed E-state index contributed by atoms with van der Waals surface area (Å²) in [5, 5.41) is 11.5. The molecule has 0 bridgehead atoms. The van der Waals surface area contributed by atoms with Crippen molar-refractivity contribution in [2.75, 3.05) is 13.6 Å². The van der Waals surface area contributed by atoms with E-state index in [1.54, 1.807) is 19.2 Å². The Morgan fingerprint density at radius 3 is 2.30 bits per heavy atom. The summed E-state index contributed by atoms with van der Waals surface area (Å²) < 4.78 is 22.4. The average molecular weight is 454 g/mol. The van der Waals surface area contributed by atoms with Crippen LogP contribution in [-0.4, -0.2) is 28.0 Å². The van der Waals surface area contributed by atoms with Crippen molar-refractivity contribution in [2.24, 2.45) is 10.1 Å². The predicted octanol–water partition coefficient (Wildman–Crippen LogP) is 2.20.